The zero-order chi connectivity index (χ0) is 20.3. The second-order valence-corrected chi connectivity index (χ2v) is 8.62. The predicted molar refractivity (Wildman–Crippen MR) is 105 cm³/mol. The first-order valence-corrected chi connectivity index (χ1v) is 10.7. The smallest absolute Gasteiger partial charge is 0.414 e. The number of thiocarbonyl (C=S) groups is 1. The van der Waals surface area contributed by atoms with Crippen molar-refractivity contribution in [3.63, 3.8) is 0 Å². The zero-order valence-corrected chi connectivity index (χ0v) is 16.5. The number of benzene rings is 1. The van der Waals surface area contributed by atoms with Gasteiger partial charge in [0.1, 0.15) is 16.9 Å². The highest BCUT2D eigenvalue weighted by Gasteiger charge is 2.33. The highest BCUT2D eigenvalue weighted by Crippen LogP contribution is 2.28. The third kappa shape index (κ3) is 4.93. The average molecular weight is 435 g/mol. The van der Waals surface area contributed by atoms with Crippen molar-refractivity contribution in [2.75, 3.05) is 47.5 Å². The van der Waals surface area contributed by atoms with Crippen LogP contribution < -0.4 is 15.1 Å². The standard InChI is InChI=1S/C17H20F3N3O3S2/c18-13-8-11(2-3-14(13)22-4-1-6-28(25)7-5-22)23-10-12(26-17(23)24)9-21-16(27)15(19)20/h2-3,8,12,15H,1,4-7,9-10H2,(H,21,27)/t12-,28?/m0/s1. The Labute approximate surface area is 168 Å². The lowest BCUT2D eigenvalue weighted by Gasteiger charge is -2.24. The maximum atomic E-state index is 14.7. The molecular weight excluding hydrogens is 415 g/mol. The Morgan fingerprint density at radius 3 is 2.86 bits per heavy atom. The molecule has 3 rings (SSSR count). The first-order valence-electron chi connectivity index (χ1n) is 8.78. The van der Waals surface area contributed by atoms with E-state index in [1.54, 1.807) is 12.1 Å². The molecule has 28 heavy (non-hydrogen) atoms. The molecule has 0 spiro atoms. The van der Waals surface area contributed by atoms with E-state index in [-0.39, 0.29) is 13.1 Å². The molecule has 0 bridgehead atoms. The van der Waals surface area contributed by atoms with Crippen LogP contribution in [0.4, 0.5) is 29.3 Å². The van der Waals surface area contributed by atoms with Crippen molar-refractivity contribution >= 4 is 45.5 Å². The van der Waals surface area contributed by atoms with Gasteiger partial charge < -0.3 is 15.0 Å². The maximum Gasteiger partial charge on any atom is 0.414 e. The second kappa shape index (κ2) is 9.08. The number of anilines is 2. The van der Waals surface area contributed by atoms with Crippen LogP contribution in [0.5, 0.6) is 0 Å². The molecule has 6 nitrogen and oxygen atoms in total. The van der Waals surface area contributed by atoms with Crippen LogP contribution >= 0.6 is 12.2 Å². The molecule has 2 aliphatic rings. The second-order valence-electron chi connectivity index (χ2n) is 6.49. The van der Waals surface area contributed by atoms with Gasteiger partial charge in [-0.15, -0.1) is 0 Å². The molecular formula is C17H20F3N3O3S2. The first-order chi connectivity index (χ1) is 13.3. The number of rotatable bonds is 5. The molecule has 2 fully saturated rings. The lowest BCUT2D eigenvalue weighted by molar-refractivity contribution is 0.142. The van der Waals surface area contributed by atoms with E-state index < -0.39 is 40.2 Å². The van der Waals surface area contributed by atoms with Crippen LogP contribution in [0.25, 0.3) is 0 Å². The highest BCUT2D eigenvalue weighted by molar-refractivity contribution is 7.85. The summed E-state index contributed by atoms with van der Waals surface area (Å²) in [6.07, 6.45) is -3.40. The highest BCUT2D eigenvalue weighted by atomic mass is 32.2. The largest absolute Gasteiger partial charge is 0.442 e. The van der Waals surface area contributed by atoms with E-state index >= 15 is 0 Å². The van der Waals surface area contributed by atoms with Crippen LogP contribution in [-0.4, -0.2) is 65.5 Å². The Morgan fingerprint density at radius 2 is 2.14 bits per heavy atom. The summed E-state index contributed by atoms with van der Waals surface area (Å²) in [5.41, 5.74) is 0.722. The van der Waals surface area contributed by atoms with Gasteiger partial charge in [0.05, 0.1) is 24.5 Å². The number of hydrogen-bond donors (Lipinski definition) is 1. The average Bonchev–Trinajstić information content (AvgIpc) is 2.89. The van der Waals surface area contributed by atoms with Crippen LogP contribution in [0.1, 0.15) is 6.42 Å². The van der Waals surface area contributed by atoms with Crippen molar-refractivity contribution in [3.8, 4) is 0 Å². The minimum absolute atomic E-state index is 0.0447. The molecule has 1 aromatic carbocycles. The zero-order valence-electron chi connectivity index (χ0n) is 14.9. The Balaban J connectivity index is 1.65. The summed E-state index contributed by atoms with van der Waals surface area (Å²) >= 11 is 4.49. The van der Waals surface area contributed by atoms with Crippen LogP contribution in [0, 0.1) is 5.82 Å². The molecule has 154 valence electrons. The number of cyclic esters (lactones) is 1. The van der Waals surface area contributed by atoms with Crippen LogP contribution in [0.3, 0.4) is 0 Å². The summed E-state index contributed by atoms with van der Waals surface area (Å²) in [6.45, 7) is 1.17. The van der Waals surface area contributed by atoms with Gasteiger partial charge in [-0.05, 0) is 24.6 Å². The molecule has 1 amide bonds. The van der Waals surface area contributed by atoms with Gasteiger partial charge in [0, 0.05) is 35.4 Å². The summed E-state index contributed by atoms with van der Waals surface area (Å²) in [7, 11) is -0.878. The summed E-state index contributed by atoms with van der Waals surface area (Å²) in [5.74, 6) is 0.619. The van der Waals surface area contributed by atoms with Gasteiger partial charge in [0.15, 0.2) is 0 Å². The fourth-order valence-corrected chi connectivity index (χ4v) is 4.30. The molecule has 1 aromatic rings. The molecule has 2 atom stereocenters. The molecule has 1 unspecified atom stereocenters. The number of hydrogen-bond acceptors (Lipinski definition) is 5. The summed E-state index contributed by atoms with van der Waals surface area (Å²) in [5, 5.41) is 2.36. The van der Waals surface area contributed by atoms with E-state index in [0.717, 1.165) is 6.42 Å². The number of carbonyl (C=O) groups excluding carboxylic acids is 1. The number of ether oxygens (including phenoxy) is 1. The minimum atomic E-state index is -2.78. The van der Waals surface area contributed by atoms with Crippen LogP contribution in [0.15, 0.2) is 18.2 Å². The summed E-state index contributed by atoms with van der Waals surface area (Å²) in [6, 6.07) is 4.45. The Morgan fingerprint density at radius 1 is 1.36 bits per heavy atom. The number of alkyl halides is 2. The Kier molecular flexibility index (Phi) is 6.76. The number of nitrogens with one attached hydrogen (secondary N) is 1. The molecule has 2 aliphatic heterocycles. The number of amides is 1. The van der Waals surface area contributed by atoms with Crippen molar-refractivity contribution in [1.29, 1.82) is 0 Å². The van der Waals surface area contributed by atoms with E-state index in [9.17, 15) is 22.2 Å². The van der Waals surface area contributed by atoms with E-state index in [4.69, 9.17) is 4.74 Å². The van der Waals surface area contributed by atoms with E-state index in [1.807, 2.05) is 4.90 Å². The Hall–Kier alpha value is -1.88. The number of halogens is 3. The normalized spacial score (nSPS) is 22.9. The molecule has 2 saturated heterocycles. The van der Waals surface area contributed by atoms with Crippen LogP contribution in [0.2, 0.25) is 0 Å². The lowest BCUT2D eigenvalue weighted by Crippen LogP contribution is -2.36. The van der Waals surface area contributed by atoms with Crippen molar-refractivity contribution in [2.45, 2.75) is 19.0 Å². The molecule has 11 heteroatoms. The first kappa shape index (κ1) is 20.8. The molecule has 0 radical (unpaired) electrons. The molecule has 0 aromatic heterocycles. The van der Waals surface area contributed by atoms with Crippen molar-refractivity contribution < 1.29 is 26.9 Å². The monoisotopic (exact) mass is 435 g/mol. The maximum absolute atomic E-state index is 14.7. The van der Waals surface area contributed by atoms with Crippen molar-refractivity contribution in [3.05, 3.63) is 24.0 Å². The quantitative estimate of drug-likeness (QED) is 0.717. The van der Waals surface area contributed by atoms with E-state index in [0.29, 0.717) is 36.0 Å². The Bertz CT molecular complexity index is 781. The van der Waals surface area contributed by atoms with Crippen molar-refractivity contribution in [1.82, 2.24) is 5.32 Å². The molecule has 1 N–H and O–H groups in total. The number of nitrogens with zero attached hydrogens (tertiary/aromatic N) is 2. The topological polar surface area (TPSA) is 61.9 Å². The fourth-order valence-electron chi connectivity index (χ4n) is 3.13. The van der Waals surface area contributed by atoms with E-state index in [1.165, 1.54) is 11.0 Å². The van der Waals surface area contributed by atoms with Gasteiger partial charge in [-0.2, -0.15) is 0 Å². The summed E-state index contributed by atoms with van der Waals surface area (Å²) in [4.78, 5) is 14.6. The van der Waals surface area contributed by atoms with Gasteiger partial charge in [0.25, 0.3) is 6.43 Å². The molecule has 0 saturated carbocycles. The lowest BCUT2D eigenvalue weighted by atomic mass is 10.2. The third-order valence-corrected chi connectivity index (χ3v) is 6.25. The van der Waals surface area contributed by atoms with Gasteiger partial charge in [-0.3, -0.25) is 9.11 Å². The third-order valence-electron chi connectivity index (χ3n) is 4.55. The van der Waals surface area contributed by atoms with E-state index in [2.05, 4.69) is 17.5 Å². The van der Waals surface area contributed by atoms with Crippen LogP contribution in [-0.2, 0) is 15.5 Å². The number of carbonyl (C=O) groups is 1. The minimum Gasteiger partial charge on any atom is -0.442 e. The molecule has 0 aliphatic carbocycles. The summed E-state index contributed by atoms with van der Waals surface area (Å²) < 4.78 is 56.3. The van der Waals surface area contributed by atoms with Gasteiger partial charge in [-0.1, -0.05) is 12.2 Å². The predicted octanol–water partition coefficient (Wildman–Crippen LogP) is 2.29. The van der Waals surface area contributed by atoms with Gasteiger partial charge >= 0.3 is 6.09 Å². The van der Waals surface area contributed by atoms with Gasteiger partial charge in [0.2, 0.25) is 0 Å². The van der Waals surface area contributed by atoms with Gasteiger partial charge in [-0.25, -0.2) is 18.0 Å². The molecule has 2 heterocycles. The SMILES string of the molecule is O=C1O[C@@H](CNC(=S)C(F)F)CN1c1ccc(N2CCCS(=O)CC2)c(F)c1. The fraction of sp³-hybridized carbons (Fsp3) is 0.529. The van der Waals surface area contributed by atoms with Crippen molar-refractivity contribution in [2.24, 2.45) is 0 Å².